The first-order valence-electron chi connectivity index (χ1n) is 8.77. The highest BCUT2D eigenvalue weighted by Gasteiger charge is 2.30. The summed E-state index contributed by atoms with van der Waals surface area (Å²) in [7, 11) is 0. The molecule has 2 aromatic carbocycles. The number of halogens is 4. The van der Waals surface area contributed by atoms with Gasteiger partial charge in [-0.3, -0.25) is 0 Å². The fourth-order valence-corrected chi connectivity index (χ4v) is 2.70. The second-order valence-corrected chi connectivity index (χ2v) is 6.32. The normalized spacial score (nSPS) is 11.7. The van der Waals surface area contributed by atoms with Crippen LogP contribution in [0, 0.1) is 6.92 Å². The molecule has 0 bridgehead atoms. The van der Waals surface area contributed by atoms with Crippen LogP contribution in [0.2, 0.25) is 0 Å². The second kappa shape index (κ2) is 10.3. The molecule has 0 amide bonds. The molecule has 30 heavy (non-hydrogen) atoms. The fourth-order valence-electron chi connectivity index (χ4n) is 2.70. The summed E-state index contributed by atoms with van der Waals surface area (Å²) in [6, 6.07) is 13.2. The van der Waals surface area contributed by atoms with Crippen molar-refractivity contribution in [2.75, 3.05) is 5.32 Å². The number of aryl methyl sites for hydroxylation is 1. The summed E-state index contributed by atoms with van der Waals surface area (Å²) in [5.74, 6) is 0.794. The third kappa shape index (κ3) is 7.25. The van der Waals surface area contributed by atoms with E-state index in [1.54, 1.807) is 6.20 Å². The van der Waals surface area contributed by atoms with Crippen LogP contribution in [0.5, 0.6) is 5.75 Å². The average Bonchev–Trinajstić information content (AvgIpc) is 3.05. The van der Waals surface area contributed by atoms with Gasteiger partial charge in [0.25, 0.3) is 0 Å². The summed E-state index contributed by atoms with van der Waals surface area (Å²) in [4.78, 5) is 8.49. The zero-order chi connectivity index (χ0) is 20.9. The second-order valence-electron chi connectivity index (χ2n) is 6.32. The molecule has 0 atom stereocenters. The highest BCUT2D eigenvalue weighted by molar-refractivity contribution is 14.0. The number of rotatable bonds is 6. The van der Waals surface area contributed by atoms with Gasteiger partial charge in [-0.1, -0.05) is 24.3 Å². The van der Waals surface area contributed by atoms with Gasteiger partial charge in [-0.25, -0.2) is 9.98 Å². The molecular weight excluding hydrogens is 510 g/mol. The molecule has 0 aliphatic carbocycles. The average molecular weight is 531 g/mol. The van der Waals surface area contributed by atoms with Crippen LogP contribution in [0.15, 0.2) is 65.9 Å². The SMILES string of the molecule is Cc1nccn1Cc1cccc(CN=C(N)Nc2ccc(OC(F)(F)F)cc2)c1.I. The number of nitrogens with one attached hydrogen (secondary N) is 1. The minimum absolute atomic E-state index is 0. The first kappa shape index (κ1) is 23.5. The number of anilines is 1. The maximum Gasteiger partial charge on any atom is 0.573 e. The van der Waals surface area contributed by atoms with Crippen molar-refractivity contribution in [3.8, 4) is 5.75 Å². The zero-order valence-corrected chi connectivity index (χ0v) is 18.4. The van der Waals surface area contributed by atoms with Gasteiger partial charge in [-0.15, -0.1) is 37.1 Å². The molecule has 3 rings (SSSR count). The summed E-state index contributed by atoms with van der Waals surface area (Å²) in [5, 5.41) is 2.84. The number of guanidine groups is 1. The number of imidazole rings is 1. The van der Waals surface area contributed by atoms with E-state index < -0.39 is 6.36 Å². The Bertz CT molecular complexity index is 987. The standard InChI is InChI=1S/C20H20F3N5O.HI/c1-14-25-9-10-28(14)13-16-4-2-3-15(11-16)12-26-19(24)27-17-5-7-18(8-6-17)29-20(21,22)23;/h2-11H,12-13H2,1H3,(H3,24,26,27);1H. The Morgan fingerprint density at radius 2 is 1.87 bits per heavy atom. The fraction of sp³-hybridized carbons (Fsp3) is 0.200. The minimum atomic E-state index is -4.72. The molecule has 0 aliphatic heterocycles. The molecule has 0 saturated heterocycles. The van der Waals surface area contributed by atoms with Crippen LogP contribution in [0.1, 0.15) is 17.0 Å². The molecule has 1 heterocycles. The van der Waals surface area contributed by atoms with Gasteiger partial charge in [0.1, 0.15) is 11.6 Å². The van der Waals surface area contributed by atoms with Gasteiger partial charge >= 0.3 is 6.36 Å². The molecule has 0 unspecified atom stereocenters. The van der Waals surface area contributed by atoms with Crippen molar-refractivity contribution >= 4 is 35.6 Å². The number of aromatic nitrogens is 2. The van der Waals surface area contributed by atoms with Crippen molar-refractivity contribution in [3.05, 3.63) is 77.9 Å². The molecule has 0 radical (unpaired) electrons. The Balaban J connectivity index is 0.00000320. The molecule has 0 spiro atoms. The molecular formula is C20H21F3IN5O. The molecule has 3 aromatic rings. The molecule has 0 fully saturated rings. The van der Waals surface area contributed by atoms with Gasteiger partial charge in [-0.05, 0) is 42.3 Å². The number of benzene rings is 2. The van der Waals surface area contributed by atoms with Gasteiger partial charge in [-0.2, -0.15) is 0 Å². The maximum absolute atomic E-state index is 12.2. The maximum atomic E-state index is 12.2. The molecule has 0 aliphatic rings. The largest absolute Gasteiger partial charge is 0.573 e. The van der Waals surface area contributed by atoms with Crippen LogP contribution >= 0.6 is 24.0 Å². The van der Waals surface area contributed by atoms with Crippen LogP contribution in [-0.4, -0.2) is 21.9 Å². The van der Waals surface area contributed by atoms with Crippen LogP contribution in [0.25, 0.3) is 0 Å². The lowest BCUT2D eigenvalue weighted by Crippen LogP contribution is -2.22. The van der Waals surface area contributed by atoms with E-state index in [1.807, 2.05) is 42.0 Å². The summed E-state index contributed by atoms with van der Waals surface area (Å²) < 4.78 is 42.4. The number of aliphatic imine (C=N–C) groups is 1. The van der Waals surface area contributed by atoms with E-state index in [2.05, 4.69) is 20.0 Å². The Labute approximate surface area is 189 Å². The van der Waals surface area contributed by atoms with E-state index in [0.29, 0.717) is 18.8 Å². The first-order chi connectivity index (χ1) is 13.8. The highest BCUT2D eigenvalue weighted by Crippen LogP contribution is 2.23. The van der Waals surface area contributed by atoms with Crippen molar-refractivity contribution in [2.45, 2.75) is 26.4 Å². The molecule has 3 N–H and O–H groups in total. The molecule has 6 nitrogen and oxygen atoms in total. The highest BCUT2D eigenvalue weighted by atomic mass is 127. The molecule has 10 heteroatoms. The monoisotopic (exact) mass is 531 g/mol. The third-order valence-electron chi connectivity index (χ3n) is 4.06. The molecule has 0 saturated carbocycles. The first-order valence-corrected chi connectivity index (χ1v) is 8.77. The number of ether oxygens (including phenoxy) is 1. The summed E-state index contributed by atoms with van der Waals surface area (Å²) in [6.45, 7) is 3.02. The van der Waals surface area contributed by atoms with Gasteiger partial charge in [0.2, 0.25) is 0 Å². The Morgan fingerprint density at radius 1 is 1.17 bits per heavy atom. The molecule has 160 valence electrons. The van der Waals surface area contributed by atoms with Crippen molar-refractivity contribution < 1.29 is 17.9 Å². The lowest BCUT2D eigenvalue weighted by molar-refractivity contribution is -0.274. The van der Waals surface area contributed by atoms with Gasteiger partial charge < -0.3 is 20.4 Å². The third-order valence-corrected chi connectivity index (χ3v) is 4.06. The van der Waals surface area contributed by atoms with Crippen molar-refractivity contribution in [2.24, 2.45) is 10.7 Å². The summed E-state index contributed by atoms with van der Waals surface area (Å²) in [5.41, 5.74) is 8.48. The van der Waals surface area contributed by atoms with Crippen LogP contribution in [0.4, 0.5) is 18.9 Å². The van der Waals surface area contributed by atoms with E-state index in [0.717, 1.165) is 17.0 Å². The van der Waals surface area contributed by atoms with E-state index in [-0.39, 0.29) is 35.7 Å². The number of hydrogen-bond donors (Lipinski definition) is 2. The smallest absolute Gasteiger partial charge is 0.406 e. The lowest BCUT2D eigenvalue weighted by Gasteiger charge is -2.10. The summed E-state index contributed by atoms with van der Waals surface area (Å²) >= 11 is 0. The Kier molecular flexibility index (Phi) is 8.09. The minimum Gasteiger partial charge on any atom is -0.406 e. The summed E-state index contributed by atoms with van der Waals surface area (Å²) in [6.07, 6.45) is -1.04. The van der Waals surface area contributed by atoms with E-state index in [9.17, 15) is 13.2 Å². The quantitative estimate of drug-likeness (QED) is 0.275. The van der Waals surface area contributed by atoms with Gasteiger partial charge in [0.15, 0.2) is 5.96 Å². The van der Waals surface area contributed by atoms with E-state index >= 15 is 0 Å². The van der Waals surface area contributed by atoms with Gasteiger partial charge in [0, 0.05) is 24.6 Å². The number of nitrogens with zero attached hydrogens (tertiary/aromatic N) is 3. The Hall–Kier alpha value is -2.76. The van der Waals surface area contributed by atoms with Crippen molar-refractivity contribution in [1.82, 2.24) is 9.55 Å². The van der Waals surface area contributed by atoms with Gasteiger partial charge in [0.05, 0.1) is 6.54 Å². The molecule has 1 aromatic heterocycles. The lowest BCUT2D eigenvalue weighted by atomic mass is 10.1. The topological polar surface area (TPSA) is 77.5 Å². The van der Waals surface area contributed by atoms with Crippen molar-refractivity contribution in [3.63, 3.8) is 0 Å². The zero-order valence-electron chi connectivity index (χ0n) is 16.1. The number of hydrogen-bond acceptors (Lipinski definition) is 3. The van der Waals surface area contributed by atoms with Crippen LogP contribution in [0.3, 0.4) is 0 Å². The number of alkyl halides is 3. The predicted molar refractivity (Wildman–Crippen MR) is 120 cm³/mol. The number of nitrogens with two attached hydrogens (primary N) is 1. The van der Waals surface area contributed by atoms with E-state index in [1.165, 1.54) is 24.3 Å². The van der Waals surface area contributed by atoms with Crippen LogP contribution in [-0.2, 0) is 13.1 Å². The van der Waals surface area contributed by atoms with Crippen LogP contribution < -0.4 is 15.8 Å². The predicted octanol–water partition coefficient (Wildman–Crippen LogP) is 4.68. The van der Waals surface area contributed by atoms with E-state index in [4.69, 9.17) is 5.73 Å². The Morgan fingerprint density at radius 3 is 2.50 bits per heavy atom. The van der Waals surface area contributed by atoms with Crippen molar-refractivity contribution in [1.29, 1.82) is 0 Å².